The van der Waals surface area contributed by atoms with Gasteiger partial charge in [0.1, 0.15) is 5.82 Å². The molecule has 1 aliphatic heterocycles. The van der Waals surface area contributed by atoms with E-state index in [1.165, 1.54) is 6.07 Å². The molecule has 0 spiro atoms. The van der Waals surface area contributed by atoms with Gasteiger partial charge in [0.2, 0.25) is 9.84 Å². The molecule has 0 atom stereocenters. The monoisotopic (exact) mass is 373 g/mol. The van der Waals surface area contributed by atoms with Crippen molar-refractivity contribution in [2.24, 2.45) is 0 Å². The number of anilines is 2. The van der Waals surface area contributed by atoms with Crippen molar-refractivity contribution < 1.29 is 12.8 Å². The Bertz CT molecular complexity index is 1010. The number of sulfone groups is 1. The van der Waals surface area contributed by atoms with Gasteiger partial charge in [0.05, 0.1) is 27.7 Å². The van der Waals surface area contributed by atoms with Gasteiger partial charge in [-0.05, 0) is 36.4 Å². The standard InChI is InChI=1S/C19H13ClFNO2S/c20-14-6-5-7-15(21)13(14)12-22-16-8-1-3-10-18(16)25(23,24)19-11-4-2-9-17(19)22/h1-11H,12H2. The van der Waals surface area contributed by atoms with E-state index in [1.807, 2.05) is 0 Å². The van der Waals surface area contributed by atoms with Gasteiger partial charge in [-0.15, -0.1) is 0 Å². The molecule has 0 N–H and O–H groups in total. The lowest BCUT2D eigenvalue weighted by atomic mass is 10.1. The summed E-state index contributed by atoms with van der Waals surface area (Å²) in [5.74, 6) is -0.420. The minimum atomic E-state index is -3.62. The van der Waals surface area contributed by atoms with Crippen LogP contribution in [0.2, 0.25) is 5.02 Å². The van der Waals surface area contributed by atoms with E-state index >= 15 is 0 Å². The Morgan fingerprint density at radius 1 is 0.840 bits per heavy atom. The quantitative estimate of drug-likeness (QED) is 0.636. The van der Waals surface area contributed by atoms with Crippen LogP contribution in [-0.2, 0) is 16.4 Å². The van der Waals surface area contributed by atoms with E-state index < -0.39 is 15.7 Å². The Morgan fingerprint density at radius 2 is 1.40 bits per heavy atom. The van der Waals surface area contributed by atoms with Gasteiger partial charge in [-0.2, -0.15) is 0 Å². The molecule has 3 aromatic rings. The van der Waals surface area contributed by atoms with E-state index in [1.54, 1.807) is 65.6 Å². The minimum Gasteiger partial charge on any atom is -0.335 e. The SMILES string of the molecule is O=S1(=O)c2ccccc2N(Cc2c(F)cccc2Cl)c2ccccc21. The van der Waals surface area contributed by atoms with Crippen LogP contribution < -0.4 is 4.90 Å². The first-order valence-electron chi connectivity index (χ1n) is 7.64. The summed E-state index contributed by atoms with van der Waals surface area (Å²) >= 11 is 6.17. The topological polar surface area (TPSA) is 37.4 Å². The van der Waals surface area contributed by atoms with Crippen molar-refractivity contribution in [3.63, 3.8) is 0 Å². The smallest absolute Gasteiger partial charge is 0.210 e. The second kappa shape index (κ2) is 5.86. The maximum Gasteiger partial charge on any atom is 0.210 e. The maximum absolute atomic E-state index is 14.3. The predicted molar refractivity (Wildman–Crippen MR) is 95.6 cm³/mol. The summed E-state index contributed by atoms with van der Waals surface area (Å²) in [5, 5.41) is 0.309. The van der Waals surface area contributed by atoms with Crippen LogP contribution in [0.1, 0.15) is 5.56 Å². The van der Waals surface area contributed by atoms with Crippen molar-refractivity contribution >= 4 is 32.8 Å². The largest absolute Gasteiger partial charge is 0.335 e. The van der Waals surface area contributed by atoms with Crippen molar-refractivity contribution in [3.8, 4) is 0 Å². The van der Waals surface area contributed by atoms with Crippen LogP contribution in [0.15, 0.2) is 76.5 Å². The molecular weight excluding hydrogens is 361 g/mol. The highest BCUT2D eigenvalue weighted by Crippen LogP contribution is 2.44. The van der Waals surface area contributed by atoms with E-state index in [4.69, 9.17) is 11.6 Å². The normalized spacial score (nSPS) is 14.7. The summed E-state index contributed by atoms with van der Waals surface area (Å²) in [6.45, 7) is 0.134. The van der Waals surface area contributed by atoms with Crippen LogP contribution in [0.4, 0.5) is 15.8 Å². The molecule has 4 rings (SSSR count). The molecule has 0 bridgehead atoms. The summed E-state index contributed by atoms with van der Waals surface area (Å²) in [6.07, 6.45) is 0. The fourth-order valence-corrected chi connectivity index (χ4v) is 4.96. The van der Waals surface area contributed by atoms with Crippen molar-refractivity contribution in [3.05, 3.63) is 83.1 Å². The highest BCUT2D eigenvalue weighted by atomic mass is 35.5. The molecule has 6 heteroatoms. The summed E-state index contributed by atoms with van der Waals surface area (Å²) in [4.78, 5) is 2.21. The molecule has 3 nitrogen and oxygen atoms in total. The Morgan fingerprint density at radius 3 is 1.96 bits per heavy atom. The van der Waals surface area contributed by atoms with Crippen LogP contribution in [0.3, 0.4) is 0 Å². The van der Waals surface area contributed by atoms with Crippen LogP contribution in [0.5, 0.6) is 0 Å². The van der Waals surface area contributed by atoms with Gasteiger partial charge in [0.15, 0.2) is 0 Å². The Hall–Kier alpha value is -2.37. The first-order chi connectivity index (χ1) is 12.0. The third kappa shape index (κ3) is 2.51. The van der Waals surface area contributed by atoms with Gasteiger partial charge < -0.3 is 4.90 Å². The summed E-state index contributed by atoms with van der Waals surface area (Å²) in [6, 6.07) is 18.0. The van der Waals surface area contributed by atoms with Crippen molar-refractivity contribution in [1.29, 1.82) is 0 Å². The van der Waals surface area contributed by atoms with Crippen molar-refractivity contribution in [1.82, 2.24) is 0 Å². The highest BCUT2D eigenvalue weighted by Gasteiger charge is 2.34. The lowest BCUT2D eigenvalue weighted by Crippen LogP contribution is -2.26. The summed E-state index contributed by atoms with van der Waals surface area (Å²) in [5.41, 5.74) is 1.36. The number of hydrogen-bond donors (Lipinski definition) is 0. The average molecular weight is 374 g/mol. The molecule has 1 heterocycles. The Kier molecular flexibility index (Phi) is 3.78. The number of para-hydroxylation sites is 2. The van der Waals surface area contributed by atoms with E-state index in [9.17, 15) is 12.8 Å². The summed E-state index contributed by atoms with van der Waals surface area (Å²) < 4.78 is 40.1. The van der Waals surface area contributed by atoms with Crippen LogP contribution in [0.25, 0.3) is 0 Å². The molecule has 3 aromatic carbocycles. The van der Waals surface area contributed by atoms with Gasteiger partial charge >= 0.3 is 0 Å². The summed E-state index contributed by atoms with van der Waals surface area (Å²) in [7, 11) is -3.62. The first kappa shape index (κ1) is 16.1. The van der Waals surface area contributed by atoms with E-state index in [2.05, 4.69) is 0 Å². The highest BCUT2D eigenvalue weighted by molar-refractivity contribution is 7.92. The zero-order valence-electron chi connectivity index (χ0n) is 13.0. The molecule has 0 saturated carbocycles. The molecule has 0 aliphatic carbocycles. The minimum absolute atomic E-state index is 0.134. The lowest BCUT2D eigenvalue weighted by Gasteiger charge is -2.33. The van der Waals surface area contributed by atoms with Gasteiger partial charge in [-0.3, -0.25) is 0 Å². The molecule has 0 aromatic heterocycles. The van der Waals surface area contributed by atoms with E-state index in [-0.39, 0.29) is 16.3 Å². The Labute approximate surface area is 150 Å². The van der Waals surface area contributed by atoms with Gasteiger partial charge in [-0.25, -0.2) is 12.8 Å². The molecule has 126 valence electrons. The predicted octanol–water partition coefficient (Wildman–Crippen LogP) is 4.96. The van der Waals surface area contributed by atoms with Crippen LogP contribution >= 0.6 is 11.6 Å². The zero-order chi connectivity index (χ0) is 17.6. The number of halogens is 2. The Balaban J connectivity index is 1.95. The van der Waals surface area contributed by atoms with Crippen molar-refractivity contribution in [2.75, 3.05) is 4.90 Å². The second-order valence-electron chi connectivity index (χ2n) is 5.73. The number of rotatable bonds is 2. The third-order valence-corrected chi connectivity index (χ3v) is 6.47. The molecule has 0 saturated heterocycles. The van der Waals surface area contributed by atoms with Gasteiger partial charge in [-0.1, -0.05) is 41.9 Å². The molecule has 1 aliphatic rings. The number of nitrogens with zero attached hydrogens (tertiary/aromatic N) is 1. The fourth-order valence-electron chi connectivity index (χ4n) is 3.07. The third-order valence-electron chi connectivity index (χ3n) is 4.27. The van der Waals surface area contributed by atoms with E-state index in [0.29, 0.717) is 22.0 Å². The number of hydrogen-bond acceptors (Lipinski definition) is 3. The van der Waals surface area contributed by atoms with Gasteiger partial charge in [0, 0.05) is 10.6 Å². The van der Waals surface area contributed by atoms with Crippen molar-refractivity contribution in [2.45, 2.75) is 16.3 Å². The first-order valence-corrected chi connectivity index (χ1v) is 9.50. The maximum atomic E-state index is 14.3. The average Bonchev–Trinajstić information content (AvgIpc) is 2.61. The molecule has 0 radical (unpaired) electrons. The lowest BCUT2D eigenvalue weighted by molar-refractivity contribution is 0.592. The fraction of sp³-hybridized carbons (Fsp3) is 0.0526. The van der Waals surface area contributed by atoms with Crippen LogP contribution in [0, 0.1) is 5.82 Å². The molecule has 0 amide bonds. The molecule has 0 unspecified atom stereocenters. The van der Waals surface area contributed by atoms with Gasteiger partial charge in [0.25, 0.3) is 0 Å². The molecule has 0 fully saturated rings. The van der Waals surface area contributed by atoms with E-state index in [0.717, 1.165) is 0 Å². The van der Waals surface area contributed by atoms with Crippen LogP contribution in [-0.4, -0.2) is 8.42 Å². The molecule has 25 heavy (non-hydrogen) atoms. The second-order valence-corrected chi connectivity index (χ2v) is 8.02. The number of benzene rings is 3. The molecular formula is C19H13ClFNO2S. The zero-order valence-corrected chi connectivity index (χ0v) is 14.6. The number of fused-ring (bicyclic) bond motifs is 2.